The molecule has 1 rings (SSSR count). The fourth-order valence-corrected chi connectivity index (χ4v) is 2.02. The van der Waals surface area contributed by atoms with Gasteiger partial charge in [0.1, 0.15) is 11.8 Å². The molecule has 5 nitrogen and oxygen atoms in total. The van der Waals surface area contributed by atoms with Crippen molar-refractivity contribution in [2.24, 2.45) is 5.73 Å². The van der Waals surface area contributed by atoms with E-state index >= 15 is 0 Å². The Morgan fingerprint density at radius 3 is 2.58 bits per heavy atom. The number of carbonyl (C=O) groups is 1. The fraction of sp³-hybridized carbons (Fsp3) is 0.500. The molecular weight excluding hydrogens is 244 g/mol. The van der Waals surface area contributed by atoms with Gasteiger partial charge in [0.05, 0.1) is 7.11 Å². The number of ether oxygens (including phenoxy) is 1. The quantitative estimate of drug-likeness (QED) is 0.718. The fourth-order valence-electron chi connectivity index (χ4n) is 2.02. The van der Waals surface area contributed by atoms with Gasteiger partial charge in [-0.15, -0.1) is 0 Å². The number of hydrogen-bond acceptors (Lipinski definition) is 4. The van der Waals surface area contributed by atoms with Gasteiger partial charge < -0.3 is 20.9 Å². The molecule has 1 atom stereocenters. The van der Waals surface area contributed by atoms with Crippen LogP contribution in [-0.4, -0.2) is 30.8 Å². The summed E-state index contributed by atoms with van der Waals surface area (Å²) < 4.78 is 5.32. The number of carboxylic acid groups (broad SMARTS) is 1. The van der Waals surface area contributed by atoms with Gasteiger partial charge in [-0.2, -0.15) is 0 Å². The highest BCUT2D eigenvalue weighted by molar-refractivity contribution is 5.73. The molecule has 0 saturated heterocycles. The van der Waals surface area contributed by atoms with Crippen LogP contribution in [0.1, 0.15) is 22.3 Å². The van der Waals surface area contributed by atoms with E-state index in [0.29, 0.717) is 6.54 Å². The highest BCUT2D eigenvalue weighted by Crippen LogP contribution is 2.27. The summed E-state index contributed by atoms with van der Waals surface area (Å²) in [6.45, 7) is 6.92. The first-order valence-electron chi connectivity index (χ1n) is 6.21. The number of nitrogens with one attached hydrogen (secondary N) is 1. The second-order valence-corrected chi connectivity index (χ2v) is 4.70. The second kappa shape index (κ2) is 6.54. The number of hydrogen-bond donors (Lipinski definition) is 3. The van der Waals surface area contributed by atoms with Gasteiger partial charge in [0.2, 0.25) is 0 Å². The zero-order valence-corrected chi connectivity index (χ0v) is 11.9. The number of carboxylic acids is 1. The summed E-state index contributed by atoms with van der Waals surface area (Å²) in [5.41, 5.74) is 10.00. The molecule has 0 aromatic heterocycles. The van der Waals surface area contributed by atoms with Crippen LogP contribution >= 0.6 is 0 Å². The van der Waals surface area contributed by atoms with Crippen molar-refractivity contribution in [1.29, 1.82) is 0 Å². The van der Waals surface area contributed by atoms with Crippen molar-refractivity contribution in [3.63, 3.8) is 0 Å². The maximum Gasteiger partial charge on any atom is 0.321 e. The van der Waals surface area contributed by atoms with E-state index in [1.165, 1.54) is 0 Å². The molecule has 106 valence electrons. The predicted octanol–water partition coefficient (Wildman–Crippen LogP) is 1.12. The molecular formula is C14H22N2O3. The van der Waals surface area contributed by atoms with Crippen molar-refractivity contribution in [1.82, 2.24) is 5.32 Å². The minimum atomic E-state index is -0.994. The molecule has 0 aliphatic heterocycles. The molecule has 1 aromatic rings. The van der Waals surface area contributed by atoms with Crippen molar-refractivity contribution >= 4 is 5.97 Å². The summed E-state index contributed by atoms with van der Waals surface area (Å²) in [4.78, 5) is 10.6. The third-order valence-electron chi connectivity index (χ3n) is 3.41. The van der Waals surface area contributed by atoms with Crippen LogP contribution in [0.15, 0.2) is 6.07 Å². The number of aryl methyl sites for hydroxylation is 1. The van der Waals surface area contributed by atoms with Crippen molar-refractivity contribution in [3.05, 3.63) is 28.3 Å². The normalized spacial score (nSPS) is 12.3. The largest absolute Gasteiger partial charge is 0.496 e. The van der Waals surface area contributed by atoms with E-state index in [9.17, 15) is 4.79 Å². The summed E-state index contributed by atoms with van der Waals surface area (Å²) in [5.74, 6) is -0.118. The van der Waals surface area contributed by atoms with E-state index in [4.69, 9.17) is 15.6 Å². The minimum absolute atomic E-state index is 0.249. The van der Waals surface area contributed by atoms with Gasteiger partial charge in [0.15, 0.2) is 0 Å². The SMILES string of the molecule is COc1cc(C)c(CNCC(N)C(=O)O)c(C)c1C. The molecule has 0 radical (unpaired) electrons. The Balaban J connectivity index is 2.79. The summed E-state index contributed by atoms with van der Waals surface area (Å²) in [5, 5.41) is 11.8. The summed E-state index contributed by atoms with van der Waals surface area (Å²) in [6.07, 6.45) is 0. The standard InChI is InChI=1S/C14H22N2O3/c1-8-5-13(19-4)10(3)9(2)11(8)6-16-7-12(15)14(17)18/h5,12,16H,6-7,15H2,1-4H3,(H,17,18). The Labute approximate surface area is 113 Å². The Morgan fingerprint density at radius 2 is 2.05 bits per heavy atom. The monoisotopic (exact) mass is 266 g/mol. The van der Waals surface area contributed by atoms with Crippen molar-refractivity contribution in [2.45, 2.75) is 33.4 Å². The van der Waals surface area contributed by atoms with Crippen LogP contribution in [0.2, 0.25) is 0 Å². The first-order valence-corrected chi connectivity index (χ1v) is 6.21. The van der Waals surface area contributed by atoms with Gasteiger partial charge in [-0.3, -0.25) is 4.79 Å². The zero-order chi connectivity index (χ0) is 14.6. The number of nitrogens with two attached hydrogens (primary N) is 1. The summed E-state index contributed by atoms with van der Waals surface area (Å²) in [6, 6.07) is 1.12. The van der Waals surface area contributed by atoms with Gasteiger partial charge in [0, 0.05) is 13.1 Å². The Bertz CT molecular complexity index is 472. The molecule has 0 heterocycles. The van der Waals surface area contributed by atoms with Gasteiger partial charge >= 0.3 is 5.97 Å². The van der Waals surface area contributed by atoms with Crippen LogP contribution in [0.3, 0.4) is 0 Å². The third-order valence-corrected chi connectivity index (χ3v) is 3.41. The first kappa shape index (κ1) is 15.5. The topological polar surface area (TPSA) is 84.6 Å². The van der Waals surface area contributed by atoms with Crippen LogP contribution in [0.4, 0.5) is 0 Å². The van der Waals surface area contributed by atoms with Crippen molar-refractivity contribution in [3.8, 4) is 5.75 Å². The lowest BCUT2D eigenvalue weighted by Gasteiger charge is -2.17. The highest BCUT2D eigenvalue weighted by atomic mass is 16.5. The Morgan fingerprint density at radius 1 is 1.42 bits per heavy atom. The predicted molar refractivity (Wildman–Crippen MR) is 74.5 cm³/mol. The molecule has 4 N–H and O–H groups in total. The third kappa shape index (κ3) is 3.68. The highest BCUT2D eigenvalue weighted by Gasteiger charge is 2.13. The smallest absolute Gasteiger partial charge is 0.321 e. The Hall–Kier alpha value is -1.59. The molecule has 0 spiro atoms. The first-order chi connectivity index (χ1) is 8.88. The molecule has 0 aliphatic carbocycles. The maximum absolute atomic E-state index is 10.6. The van der Waals surface area contributed by atoms with E-state index in [2.05, 4.69) is 5.32 Å². The van der Waals surface area contributed by atoms with E-state index < -0.39 is 12.0 Å². The molecule has 0 saturated carbocycles. The van der Waals surface area contributed by atoms with Crippen molar-refractivity contribution < 1.29 is 14.6 Å². The van der Waals surface area contributed by atoms with Crippen LogP contribution in [0.5, 0.6) is 5.75 Å². The van der Waals surface area contributed by atoms with Crippen LogP contribution < -0.4 is 15.8 Å². The van der Waals surface area contributed by atoms with E-state index in [-0.39, 0.29) is 6.54 Å². The lowest BCUT2D eigenvalue weighted by molar-refractivity contribution is -0.138. The lowest BCUT2D eigenvalue weighted by Crippen LogP contribution is -2.40. The summed E-state index contributed by atoms with van der Waals surface area (Å²) >= 11 is 0. The molecule has 0 fully saturated rings. The van der Waals surface area contributed by atoms with Gasteiger partial charge in [-0.1, -0.05) is 0 Å². The van der Waals surface area contributed by atoms with Crippen molar-refractivity contribution in [2.75, 3.05) is 13.7 Å². The second-order valence-electron chi connectivity index (χ2n) is 4.70. The summed E-state index contributed by atoms with van der Waals surface area (Å²) in [7, 11) is 1.66. The van der Waals surface area contributed by atoms with Gasteiger partial charge in [0.25, 0.3) is 0 Å². The van der Waals surface area contributed by atoms with Crippen LogP contribution in [-0.2, 0) is 11.3 Å². The molecule has 1 unspecified atom stereocenters. The number of aliphatic carboxylic acids is 1. The van der Waals surface area contributed by atoms with E-state index in [0.717, 1.165) is 28.0 Å². The average molecular weight is 266 g/mol. The van der Waals surface area contributed by atoms with Gasteiger partial charge in [-0.05, 0) is 49.1 Å². The molecule has 0 amide bonds. The van der Waals surface area contributed by atoms with Crippen LogP contribution in [0.25, 0.3) is 0 Å². The minimum Gasteiger partial charge on any atom is -0.496 e. The molecule has 1 aromatic carbocycles. The average Bonchev–Trinajstić information content (AvgIpc) is 2.37. The van der Waals surface area contributed by atoms with E-state index in [1.54, 1.807) is 7.11 Å². The lowest BCUT2D eigenvalue weighted by atomic mass is 9.97. The number of rotatable bonds is 6. The molecule has 0 bridgehead atoms. The maximum atomic E-state index is 10.6. The molecule has 19 heavy (non-hydrogen) atoms. The number of methoxy groups -OCH3 is 1. The zero-order valence-electron chi connectivity index (χ0n) is 11.9. The molecule has 5 heteroatoms. The van der Waals surface area contributed by atoms with Gasteiger partial charge in [-0.25, -0.2) is 0 Å². The van der Waals surface area contributed by atoms with E-state index in [1.807, 2.05) is 26.8 Å². The molecule has 0 aliphatic rings. The number of benzene rings is 1. The Kier molecular flexibility index (Phi) is 5.32. The van der Waals surface area contributed by atoms with Crippen LogP contribution in [0, 0.1) is 20.8 Å².